The van der Waals surface area contributed by atoms with Crippen LogP contribution in [0, 0.1) is 5.92 Å². The summed E-state index contributed by atoms with van der Waals surface area (Å²) in [6.07, 6.45) is 1.66. The van der Waals surface area contributed by atoms with Crippen molar-refractivity contribution in [2.45, 2.75) is 52.2 Å². The van der Waals surface area contributed by atoms with Gasteiger partial charge in [-0.1, -0.05) is 19.1 Å². The zero-order valence-electron chi connectivity index (χ0n) is 15.2. The van der Waals surface area contributed by atoms with Crippen LogP contribution in [0.25, 0.3) is 0 Å². The number of ether oxygens (including phenoxy) is 2. The van der Waals surface area contributed by atoms with E-state index in [1.807, 2.05) is 37.8 Å². The summed E-state index contributed by atoms with van der Waals surface area (Å²) in [5.41, 5.74) is 1.01. The Morgan fingerprint density at radius 3 is 2.29 bits per heavy atom. The Bertz CT molecular complexity index is 588. The van der Waals surface area contributed by atoms with Gasteiger partial charge in [-0.2, -0.15) is 0 Å². The maximum Gasteiger partial charge on any atom is 0.410 e. The SMILES string of the molecule is COC(=O)c1ccc([C@H]2CC[C@H](C)CN2C(=O)OC(C)(C)C)cc1. The fraction of sp³-hybridized carbons (Fsp3) is 0.579. The second-order valence-corrected chi connectivity index (χ2v) is 7.44. The Balaban J connectivity index is 2.21. The van der Waals surface area contributed by atoms with Crippen LogP contribution in [0.5, 0.6) is 0 Å². The van der Waals surface area contributed by atoms with Gasteiger partial charge >= 0.3 is 12.1 Å². The molecule has 0 unspecified atom stereocenters. The molecule has 5 nitrogen and oxygen atoms in total. The van der Waals surface area contributed by atoms with Gasteiger partial charge < -0.3 is 14.4 Å². The zero-order valence-corrected chi connectivity index (χ0v) is 15.2. The Hall–Kier alpha value is -2.04. The molecule has 1 heterocycles. The molecule has 0 bridgehead atoms. The van der Waals surface area contributed by atoms with Crippen LogP contribution in [-0.2, 0) is 9.47 Å². The molecule has 0 radical (unpaired) electrons. The van der Waals surface area contributed by atoms with Crippen molar-refractivity contribution in [3.8, 4) is 0 Å². The van der Waals surface area contributed by atoms with E-state index in [0.29, 0.717) is 18.0 Å². The molecular weight excluding hydrogens is 306 g/mol. The lowest BCUT2D eigenvalue weighted by atomic mass is 9.90. The molecule has 1 saturated heterocycles. The summed E-state index contributed by atoms with van der Waals surface area (Å²) in [7, 11) is 1.36. The highest BCUT2D eigenvalue weighted by Gasteiger charge is 2.33. The lowest BCUT2D eigenvalue weighted by molar-refractivity contribution is 0.00361. The van der Waals surface area contributed by atoms with Crippen molar-refractivity contribution >= 4 is 12.1 Å². The van der Waals surface area contributed by atoms with Crippen molar-refractivity contribution in [1.29, 1.82) is 0 Å². The minimum absolute atomic E-state index is 0.0252. The standard InChI is InChI=1S/C19H27NO4/c1-13-6-11-16(20(12-13)18(22)24-19(2,3)4)14-7-9-15(10-8-14)17(21)23-5/h7-10,13,16H,6,11-12H2,1-5H3/t13-,16+/m0/s1. The molecule has 5 heteroatoms. The fourth-order valence-electron chi connectivity index (χ4n) is 2.98. The Morgan fingerprint density at radius 1 is 1.12 bits per heavy atom. The van der Waals surface area contributed by atoms with Gasteiger partial charge in [-0.05, 0) is 57.2 Å². The minimum Gasteiger partial charge on any atom is -0.465 e. The van der Waals surface area contributed by atoms with Crippen molar-refractivity contribution in [3.05, 3.63) is 35.4 Å². The van der Waals surface area contributed by atoms with Gasteiger partial charge in [0.25, 0.3) is 0 Å². The predicted molar refractivity (Wildman–Crippen MR) is 91.9 cm³/mol. The smallest absolute Gasteiger partial charge is 0.410 e. The summed E-state index contributed by atoms with van der Waals surface area (Å²) in [6.45, 7) is 8.45. The van der Waals surface area contributed by atoms with Gasteiger partial charge in [0.2, 0.25) is 0 Å². The summed E-state index contributed by atoms with van der Waals surface area (Å²) >= 11 is 0. The van der Waals surface area contributed by atoms with Crippen molar-refractivity contribution in [1.82, 2.24) is 4.90 Å². The molecule has 2 rings (SSSR count). The topological polar surface area (TPSA) is 55.8 Å². The minimum atomic E-state index is -0.517. The second kappa shape index (κ2) is 7.24. The van der Waals surface area contributed by atoms with E-state index in [9.17, 15) is 9.59 Å². The molecule has 2 atom stereocenters. The first kappa shape index (κ1) is 18.3. The first-order valence-electron chi connectivity index (χ1n) is 8.39. The van der Waals surface area contributed by atoms with Crippen molar-refractivity contribution < 1.29 is 19.1 Å². The number of benzene rings is 1. The summed E-state index contributed by atoms with van der Waals surface area (Å²) < 4.78 is 10.3. The van der Waals surface area contributed by atoms with Crippen LogP contribution in [0.3, 0.4) is 0 Å². The van der Waals surface area contributed by atoms with E-state index in [4.69, 9.17) is 9.47 Å². The number of methoxy groups -OCH3 is 1. The Kier molecular flexibility index (Phi) is 5.52. The third kappa shape index (κ3) is 4.49. The third-order valence-electron chi connectivity index (χ3n) is 4.16. The molecule has 0 spiro atoms. The monoisotopic (exact) mass is 333 g/mol. The second-order valence-electron chi connectivity index (χ2n) is 7.44. The predicted octanol–water partition coefficient (Wildman–Crippen LogP) is 4.18. The highest BCUT2D eigenvalue weighted by atomic mass is 16.6. The van der Waals surface area contributed by atoms with E-state index in [2.05, 4.69) is 6.92 Å². The number of hydrogen-bond acceptors (Lipinski definition) is 4. The van der Waals surface area contributed by atoms with E-state index in [0.717, 1.165) is 18.4 Å². The van der Waals surface area contributed by atoms with Crippen LogP contribution < -0.4 is 0 Å². The number of piperidine rings is 1. The van der Waals surface area contributed by atoms with Crippen LogP contribution in [0.1, 0.15) is 62.5 Å². The van der Waals surface area contributed by atoms with E-state index in [1.165, 1.54) is 7.11 Å². The number of nitrogens with zero attached hydrogens (tertiary/aromatic N) is 1. The van der Waals surface area contributed by atoms with Gasteiger partial charge in [-0.3, -0.25) is 0 Å². The van der Waals surface area contributed by atoms with Gasteiger partial charge in [0.1, 0.15) is 5.60 Å². The number of rotatable bonds is 2. The molecule has 1 amide bonds. The van der Waals surface area contributed by atoms with Gasteiger partial charge in [-0.25, -0.2) is 9.59 Å². The van der Waals surface area contributed by atoms with E-state index < -0.39 is 5.60 Å². The molecule has 1 aliphatic rings. The summed E-state index contributed by atoms with van der Waals surface area (Å²) in [4.78, 5) is 26.0. The van der Waals surface area contributed by atoms with Crippen molar-refractivity contribution in [2.75, 3.05) is 13.7 Å². The molecule has 1 fully saturated rings. The Morgan fingerprint density at radius 2 is 1.75 bits per heavy atom. The largest absolute Gasteiger partial charge is 0.465 e. The maximum atomic E-state index is 12.6. The Labute approximate surface area is 143 Å². The normalized spacial score (nSPS) is 21.3. The van der Waals surface area contributed by atoms with Gasteiger partial charge in [-0.15, -0.1) is 0 Å². The maximum absolute atomic E-state index is 12.6. The lowest BCUT2D eigenvalue weighted by Crippen LogP contribution is -2.44. The molecule has 1 aliphatic heterocycles. The van der Waals surface area contributed by atoms with E-state index in [1.54, 1.807) is 12.1 Å². The zero-order chi connectivity index (χ0) is 17.9. The summed E-state index contributed by atoms with van der Waals surface area (Å²) in [6, 6.07) is 7.25. The average Bonchev–Trinajstić information content (AvgIpc) is 2.52. The summed E-state index contributed by atoms with van der Waals surface area (Å²) in [5, 5.41) is 0. The fourth-order valence-corrected chi connectivity index (χ4v) is 2.98. The number of carbonyl (C=O) groups excluding carboxylic acids is 2. The number of esters is 1. The molecular formula is C19H27NO4. The van der Waals surface area contributed by atoms with Crippen LogP contribution in [0.15, 0.2) is 24.3 Å². The first-order valence-corrected chi connectivity index (χ1v) is 8.39. The first-order chi connectivity index (χ1) is 11.2. The molecule has 0 aliphatic carbocycles. The number of hydrogen-bond donors (Lipinski definition) is 0. The quantitative estimate of drug-likeness (QED) is 0.762. The third-order valence-corrected chi connectivity index (χ3v) is 4.16. The van der Waals surface area contributed by atoms with Crippen molar-refractivity contribution in [2.24, 2.45) is 5.92 Å². The van der Waals surface area contributed by atoms with Gasteiger partial charge in [0.05, 0.1) is 18.7 Å². The average molecular weight is 333 g/mol. The summed E-state index contributed by atoms with van der Waals surface area (Å²) in [5.74, 6) is 0.0888. The number of amides is 1. The number of carbonyl (C=O) groups is 2. The van der Waals surface area contributed by atoms with Crippen LogP contribution in [-0.4, -0.2) is 36.2 Å². The van der Waals surface area contributed by atoms with E-state index >= 15 is 0 Å². The van der Waals surface area contributed by atoms with Gasteiger partial charge in [0, 0.05) is 6.54 Å². The van der Waals surface area contributed by atoms with Gasteiger partial charge in [0.15, 0.2) is 0 Å². The van der Waals surface area contributed by atoms with Crippen LogP contribution >= 0.6 is 0 Å². The van der Waals surface area contributed by atoms with Crippen LogP contribution in [0.2, 0.25) is 0 Å². The highest BCUT2D eigenvalue weighted by molar-refractivity contribution is 5.89. The molecule has 0 aromatic heterocycles. The number of likely N-dealkylation sites (tertiary alicyclic amines) is 1. The van der Waals surface area contributed by atoms with Crippen LogP contribution in [0.4, 0.5) is 4.79 Å². The molecule has 0 N–H and O–H groups in total. The van der Waals surface area contributed by atoms with Crippen molar-refractivity contribution in [3.63, 3.8) is 0 Å². The lowest BCUT2D eigenvalue weighted by Gasteiger charge is -2.39. The molecule has 0 saturated carbocycles. The molecule has 1 aromatic rings. The highest BCUT2D eigenvalue weighted by Crippen LogP contribution is 2.34. The molecule has 1 aromatic carbocycles. The van der Waals surface area contributed by atoms with E-state index in [-0.39, 0.29) is 18.1 Å². The molecule has 132 valence electrons. The molecule has 24 heavy (non-hydrogen) atoms.